The number of rotatable bonds is 2. The summed E-state index contributed by atoms with van der Waals surface area (Å²) in [6.45, 7) is 4.66. The summed E-state index contributed by atoms with van der Waals surface area (Å²) in [5, 5.41) is 0. The molecule has 1 aliphatic rings. The van der Waals surface area contributed by atoms with Crippen molar-refractivity contribution in [2.45, 2.75) is 45.1 Å². The fourth-order valence-corrected chi connectivity index (χ4v) is 3.57. The van der Waals surface area contributed by atoms with Crippen LogP contribution < -0.4 is 5.73 Å². The molecule has 0 amide bonds. The van der Waals surface area contributed by atoms with Crippen LogP contribution in [0, 0.1) is 11.8 Å². The van der Waals surface area contributed by atoms with Gasteiger partial charge in [-0.1, -0.05) is 13.8 Å². The van der Waals surface area contributed by atoms with Crippen molar-refractivity contribution >= 4 is 11.3 Å². The highest BCUT2D eigenvalue weighted by Crippen LogP contribution is 2.42. The topological polar surface area (TPSA) is 38.9 Å². The summed E-state index contributed by atoms with van der Waals surface area (Å²) in [6, 6.07) is 0.395. The average molecular weight is 224 g/mol. The van der Waals surface area contributed by atoms with Crippen LogP contribution in [0.4, 0.5) is 0 Å². The summed E-state index contributed by atoms with van der Waals surface area (Å²) in [5.41, 5.74) is 8.02. The molecule has 0 bridgehead atoms. The van der Waals surface area contributed by atoms with Crippen LogP contribution in [0.2, 0.25) is 0 Å². The predicted octanol–water partition coefficient (Wildman–Crippen LogP) is 3.01. The van der Waals surface area contributed by atoms with Gasteiger partial charge in [-0.25, -0.2) is 0 Å². The van der Waals surface area contributed by atoms with E-state index in [4.69, 9.17) is 5.73 Å². The van der Waals surface area contributed by atoms with Gasteiger partial charge in [-0.3, -0.25) is 4.98 Å². The molecule has 15 heavy (non-hydrogen) atoms. The highest BCUT2D eigenvalue weighted by Gasteiger charge is 2.32. The van der Waals surface area contributed by atoms with Gasteiger partial charge in [-0.05, 0) is 37.0 Å². The Bertz CT molecular complexity index is 295. The third-order valence-corrected chi connectivity index (χ3v) is 4.52. The number of hydrogen-bond donors (Lipinski definition) is 1. The first kappa shape index (κ1) is 11.1. The van der Waals surface area contributed by atoms with Gasteiger partial charge in [0.25, 0.3) is 0 Å². The fourth-order valence-electron chi connectivity index (χ4n) is 2.76. The molecule has 0 aliphatic heterocycles. The van der Waals surface area contributed by atoms with Gasteiger partial charge >= 0.3 is 0 Å². The molecule has 0 radical (unpaired) electrons. The monoisotopic (exact) mass is 224 g/mol. The van der Waals surface area contributed by atoms with E-state index < -0.39 is 0 Å². The third-order valence-electron chi connectivity index (χ3n) is 3.62. The van der Waals surface area contributed by atoms with E-state index in [9.17, 15) is 0 Å². The maximum Gasteiger partial charge on any atom is 0.0794 e. The summed E-state index contributed by atoms with van der Waals surface area (Å²) < 4.78 is 0. The lowest BCUT2D eigenvalue weighted by atomic mass is 9.71. The van der Waals surface area contributed by atoms with Crippen LogP contribution in [0.25, 0.3) is 0 Å². The smallest absolute Gasteiger partial charge is 0.0794 e. The summed E-state index contributed by atoms with van der Waals surface area (Å²) in [4.78, 5) is 5.63. The lowest BCUT2D eigenvalue weighted by Gasteiger charge is -2.36. The highest BCUT2D eigenvalue weighted by atomic mass is 32.1. The largest absolute Gasteiger partial charge is 0.328 e. The molecule has 1 saturated carbocycles. The van der Waals surface area contributed by atoms with Crippen molar-refractivity contribution in [3.05, 3.63) is 16.6 Å². The molecule has 1 aliphatic carbocycles. The molecule has 0 saturated heterocycles. The summed E-state index contributed by atoms with van der Waals surface area (Å²) in [5.74, 6) is 2.20. The standard InChI is InChI=1S/C12H20N2S/c1-8(2)10-4-3-9(13)5-11(10)12-6-14-7-15-12/h6-11H,3-5,13H2,1-2H3. The molecule has 1 heterocycles. The highest BCUT2D eigenvalue weighted by molar-refractivity contribution is 7.09. The van der Waals surface area contributed by atoms with E-state index in [0.717, 1.165) is 18.3 Å². The Morgan fingerprint density at radius 3 is 2.87 bits per heavy atom. The van der Waals surface area contributed by atoms with E-state index in [1.54, 1.807) is 11.3 Å². The fraction of sp³-hybridized carbons (Fsp3) is 0.750. The van der Waals surface area contributed by atoms with Gasteiger partial charge in [0.1, 0.15) is 0 Å². The number of hydrogen-bond acceptors (Lipinski definition) is 3. The van der Waals surface area contributed by atoms with Crippen molar-refractivity contribution in [3.63, 3.8) is 0 Å². The van der Waals surface area contributed by atoms with Crippen LogP contribution in [0.15, 0.2) is 11.7 Å². The Morgan fingerprint density at radius 2 is 2.27 bits per heavy atom. The molecule has 3 atom stereocenters. The van der Waals surface area contributed by atoms with Gasteiger partial charge in [0.05, 0.1) is 5.51 Å². The van der Waals surface area contributed by atoms with Gasteiger partial charge in [0.2, 0.25) is 0 Å². The Kier molecular flexibility index (Phi) is 3.42. The van der Waals surface area contributed by atoms with Crippen molar-refractivity contribution in [2.24, 2.45) is 17.6 Å². The zero-order chi connectivity index (χ0) is 10.8. The van der Waals surface area contributed by atoms with Crippen LogP contribution in [-0.4, -0.2) is 11.0 Å². The minimum Gasteiger partial charge on any atom is -0.328 e. The number of thiazole rings is 1. The first-order chi connectivity index (χ1) is 7.18. The zero-order valence-electron chi connectivity index (χ0n) is 9.52. The molecule has 84 valence electrons. The Balaban J connectivity index is 2.17. The van der Waals surface area contributed by atoms with E-state index in [1.165, 1.54) is 17.7 Å². The number of aromatic nitrogens is 1. The maximum atomic E-state index is 6.08. The lowest BCUT2D eigenvalue weighted by Crippen LogP contribution is -2.33. The lowest BCUT2D eigenvalue weighted by molar-refractivity contribution is 0.223. The molecule has 1 fully saturated rings. The average Bonchev–Trinajstić information content (AvgIpc) is 2.69. The van der Waals surface area contributed by atoms with E-state index in [-0.39, 0.29) is 0 Å². The van der Waals surface area contributed by atoms with Crippen LogP contribution in [0.1, 0.15) is 43.9 Å². The van der Waals surface area contributed by atoms with Crippen LogP contribution in [0.3, 0.4) is 0 Å². The molecule has 3 heteroatoms. The van der Waals surface area contributed by atoms with Gasteiger partial charge in [0.15, 0.2) is 0 Å². The zero-order valence-corrected chi connectivity index (χ0v) is 10.3. The molecule has 1 aromatic heterocycles. The van der Waals surface area contributed by atoms with Gasteiger partial charge in [-0.2, -0.15) is 0 Å². The second-order valence-electron chi connectivity index (χ2n) is 4.99. The Hall–Kier alpha value is -0.410. The van der Waals surface area contributed by atoms with Crippen LogP contribution in [0.5, 0.6) is 0 Å². The minimum absolute atomic E-state index is 0.395. The Labute approximate surface area is 95.9 Å². The number of nitrogens with two attached hydrogens (primary N) is 1. The molecular formula is C12H20N2S. The van der Waals surface area contributed by atoms with Crippen molar-refractivity contribution in [3.8, 4) is 0 Å². The van der Waals surface area contributed by atoms with E-state index in [1.807, 2.05) is 11.7 Å². The summed E-state index contributed by atoms with van der Waals surface area (Å²) in [6.07, 6.45) is 5.65. The SMILES string of the molecule is CC(C)C1CCC(N)CC1c1cncs1. The van der Waals surface area contributed by atoms with E-state index in [0.29, 0.717) is 12.0 Å². The van der Waals surface area contributed by atoms with Gasteiger partial charge < -0.3 is 5.73 Å². The summed E-state index contributed by atoms with van der Waals surface area (Å²) >= 11 is 1.79. The van der Waals surface area contributed by atoms with E-state index in [2.05, 4.69) is 18.8 Å². The Morgan fingerprint density at radius 1 is 1.47 bits per heavy atom. The van der Waals surface area contributed by atoms with Crippen molar-refractivity contribution in [1.82, 2.24) is 4.98 Å². The molecule has 2 rings (SSSR count). The second-order valence-corrected chi connectivity index (χ2v) is 5.91. The first-order valence-corrected chi connectivity index (χ1v) is 6.70. The van der Waals surface area contributed by atoms with E-state index >= 15 is 0 Å². The molecule has 2 N–H and O–H groups in total. The minimum atomic E-state index is 0.395. The van der Waals surface area contributed by atoms with Crippen molar-refractivity contribution in [2.75, 3.05) is 0 Å². The van der Waals surface area contributed by atoms with Gasteiger partial charge in [0, 0.05) is 17.1 Å². The molecule has 3 unspecified atom stereocenters. The second kappa shape index (κ2) is 4.62. The van der Waals surface area contributed by atoms with Gasteiger partial charge in [-0.15, -0.1) is 11.3 Å². The van der Waals surface area contributed by atoms with Crippen molar-refractivity contribution < 1.29 is 0 Å². The first-order valence-electron chi connectivity index (χ1n) is 5.82. The van der Waals surface area contributed by atoms with Crippen LogP contribution >= 0.6 is 11.3 Å². The normalized spacial score (nSPS) is 32.1. The number of nitrogens with zero attached hydrogens (tertiary/aromatic N) is 1. The summed E-state index contributed by atoms with van der Waals surface area (Å²) in [7, 11) is 0. The van der Waals surface area contributed by atoms with Crippen molar-refractivity contribution in [1.29, 1.82) is 0 Å². The quantitative estimate of drug-likeness (QED) is 0.838. The molecule has 1 aromatic rings. The molecule has 2 nitrogen and oxygen atoms in total. The predicted molar refractivity (Wildman–Crippen MR) is 65.0 cm³/mol. The molecule has 0 spiro atoms. The third kappa shape index (κ3) is 2.40. The maximum absolute atomic E-state index is 6.08. The molecule has 0 aromatic carbocycles. The van der Waals surface area contributed by atoms with Crippen LogP contribution in [-0.2, 0) is 0 Å². The molecular weight excluding hydrogens is 204 g/mol.